The summed E-state index contributed by atoms with van der Waals surface area (Å²) in [6.07, 6.45) is -1.74. The van der Waals surface area contributed by atoms with E-state index in [2.05, 4.69) is 9.80 Å². The second kappa shape index (κ2) is 10.4. The van der Waals surface area contributed by atoms with E-state index < -0.39 is 11.7 Å². The van der Waals surface area contributed by atoms with Crippen LogP contribution in [0.5, 0.6) is 0 Å². The number of halogens is 5. The Kier molecular flexibility index (Phi) is 8.28. The van der Waals surface area contributed by atoms with Crippen LogP contribution in [0.3, 0.4) is 0 Å². The van der Waals surface area contributed by atoms with Gasteiger partial charge < -0.3 is 0 Å². The van der Waals surface area contributed by atoms with Crippen molar-refractivity contribution in [3.8, 4) is 0 Å². The Morgan fingerprint density at radius 3 is 2.55 bits per heavy atom. The average Bonchev–Trinajstić information content (AvgIpc) is 3.22. The molecule has 0 N–H and O–H groups in total. The van der Waals surface area contributed by atoms with E-state index in [-0.39, 0.29) is 37.1 Å². The van der Waals surface area contributed by atoms with Crippen LogP contribution in [-0.2, 0) is 11.0 Å². The van der Waals surface area contributed by atoms with Crippen molar-refractivity contribution in [1.82, 2.24) is 9.80 Å². The molecule has 3 aliphatic heterocycles. The lowest BCUT2D eigenvalue weighted by Crippen LogP contribution is -2.50. The Bertz CT molecular complexity index is 1010. The maximum absolute atomic E-state index is 13.4. The first-order chi connectivity index (χ1) is 14.9. The molecule has 2 fully saturated rings. The Hall–Kier alpha value is -1.45. The minimum atomic E-state index is -4.45. The van der Waals surface area contributed by atoms with Crippen LogP contribution in [0.1, 0.15) is 24.8 Å². The summed E-state index contributed by atoms with van der Waals surface area (Å²) in [6, 6.07) is 11.6. The van der Waals surface area contributed by atoms with Crippen LogP contribution >= 0.6 is 36.6 Å². The van der Waals surface area contributed by atoms with E-state index in [0.29, 0.717) is 28.9 Å². The van der Waals surface area contributed by atoms with Gasteiger partial charge in [-0.3, -0.25) is 19.5 Å². The summed E-state index contributed by atoms with van der Waals surface area (Å²) in [4.78, 5) is 21.2. The number of carbonyl (C=O) groups is 1. The molecule has 0 aromatic heterocycles. The van der Waals surface area contributed by atoms with Crippen LogP contribution in [0.15, 0.2) is 52.3 Å². The van der Waals surface area contributed by atoms with Gasteiger partial charge in [-0.2, -0.15) is 13.2 Å². The predicted octanol–water partition coefficient (Wildman–Crippen LogP) is 5.85. The molecule has 0 spiro atoms. The molecule has 4 nitrogen and oxygen atoms in total. The van der Waals surface area contributed by atoms with Gasteiger partial charge >= 0.3 is 6.18 Å². The van der Waals surface area contributed by atoms with Gasteiger partial charge in [0.1, 0.15) is 0 Å². The topological polar surface area (TPSA) is 26.8 Å². The van der Waals surface area contributed by atoms with Crippen molar-refractivity contribution in [1.29, 1.82) is 0 Å². The first-order valence-electron chi connectivity index (χ1n) is 10.7. The van der Waals surface area contributed by atoms with Gasteiger partial charge in [0, 0.05) is 48.4 Å². The number of fused-ring (bicyclic) bond motifs is 3. The van der Waals surface area contributed by atoms with E-state index in [1.807, 2.05) is 18.2 Å². The number of rotatable bonds is 3. The number of anilines is 2. The summed E-state index contributed by atoms with van der Waals surface area (Å²) >= 11 is 1.40. The lowest BCUT2D eigenvalue weighted by Gasteiger charge is -2.38. The fourth-order valence-corrected chi connectivity index (χ4v) is 5.86. The van der Waals surface area contributed by atoms with Gasteiger partial charge in [-0.05, 0) is 49.7 Å². The third-order valence-corrected chi connectivity index (χ3v) is 7.55. The number of piperazine rings is 1. The molecule has 5 rings (SSSR count). The maximum atomic E-state index is 13.4. The third kappa shape index (κ3) is 5.30. The monoisotopic (exact) mass is 519 g/mol. The standard InChI is InChI=1S/C23H24F3N3OS.2ClH/c24-23(25,26)16-7-8-21-19(14-16)29(18-5-1-2-6-20(18)31-21)22(30)9-11-27-12-13-28-10-3-4-17(28)15-27;;/h1-2,5-8,14,17H,3-4,9-13,15H2;2*1H. The number of para-hydroxylation sites is 1. The van der Waals surface area contributed by atoms with Crippen LogP contribution in [-0.4, -0.2) is 54.5 Å². The van der Waals surface area contributed by atoms with Crippen LogP contribution < -0.4 is 4.90 Å². The van der Waals surface area contributed by atoms with Crippen molar-refractivity contribution in [3.05, 3.63) is 48.0 Å². The van der Waals surface area contributed by atoms with E-state index in [1.54, 1.807) is 6.07 Å². The van der Waals surface area contributed by atoms with Crippen molar-refractivity contribution >= 4 is 53.9 Å². The number of nitrogens with zero attached hydrogens (tertiary/aromatic N) is 3. The molecule has 0 saturated carbocycles. The molecular weight excluding hydrogens is 494 g/mol. The molecule has 2 aromatic rings. The van der Waals surface area contributed by atoms with Crippen molar-refractivity contribution in [2.75, 3.05) is 37.6 Å². The Balaban J connectivity index is 0.00000153. The first kappa shape index (κ1) is 26.2. The van der Waals surface area contributed by atoms with Crippen molar-refractivity contribution in [2.24, 2.45) is 0 Å². The van der Waals surface area contributed by atoms with E-state index in [0.717, 1.165) is 43.2 Å². The average molecular weight is 520 g/mol. The summed E-state index contributed by atoms with van der Waals surface area (Å²) in [5.74, 6) is -0.165. The van der Waals surface area contributed by atoms with E-state index in [9.17, 15) is 18.0 Å². The second-order valence-corrected chi connectivity index (χ2v) is 9.45. The van der Waals surface area contributed by atoms with Gasteiger partial charge in [-0.1, -0.05) is 23.9 Å². The summed E-state index contributed by atoms with van der Waals surface area (Å²) in [6.45, 7) is 4.72. The van der Waals surface area contributed by atoms with E-state index in [4.69, 9.17) is 0 Å². The van der Waals surface area contributed by atoms with Gasteiger partial charge in [-0.25, -0.2) is 0 Å². The highest BCUT2D eigenvalue weighted by molar-refractivity contribution is 7.99. The quantitative estimate of drug-likeness (QED) is 0.508. The molecule has 10 heteroatoms. The normalized spacial score (nSPS) is 20.2. The number of alkyl halides is 3. The number of amides is 1. The van der Waals surface area contributed by atoms with Crippen molar-refractivity contribution in [2.45, 2.75) is 41.3 Å². The highest BCUT2D eigenvalue weighted by Crippen LogP contribution is 2.49. The zero-order chi connectivity index (χ0) is 21.6. The number of carbonyl (C=O) groups excluding carboxylic acids is 1. The van der Waals surface area contributed by atoms with Gasteiger partial charge in [0.05, 0.1) is 16.9 Å². The fourth-order valence-electron chi connectivity index (χ4n) is 4.82. The highest BCUT2D eigenvalue weighted by Gasteiger charge is 2.35. The van der Waals surface area contributed by atoms with Gasteiger partial charge in [0.25, 0.3) is 0 Å². The molecule has 1 unspecified atom stereocenters. The molecule has 0 bridgehead atoms. The lowest BCUT2D eigenvalue weighted by atomic mass is 10.1. The van der Waals surface area contributed by atoms with Gasteiger partial charge in [-0.15, -0.1) is 24.8 Å². The second-order valence-electron chi connectivity index (χ2n) is 8.36. The largest absolute Gasteiger partial charge is 0.416 e. The summed E-state index contributed by atoms with van der Waals surface area (Å²) in [5.41, 5.74) is 0.246. The fraction of sp³-hybridized carbons (Fsp3) is 0.435. The highest BCUT2D eigenvalue weighted by atomic mass is 35.5. The first-order valence-corrected chi connectivity index (χ1v) is 11.5. The third-order valence-electron chi connectivity index (χ3n) is 6.42. The van der Waals surface area contributed by atoms with Gasteiger partial charge in [0.2, 0.25) is 5.91 Å². The van der Waals surface area contributed by atoms with E-state index >= 15 is 0 Å². The minimum Gasteiger partial charge on any atom is -0.300 e. The van der Waals surface area contributed by atoms with Crippen molar-refractivity contribution < 1.29 is 18.0 Å². The molecule has 3 heterocycles. The summed E-state index contributed by atoms with van der Waals surface area (Å²) in [7, 11) is 0. The molecule has 2 aromatic carbocycles. The Morgan fingerprint density at radius 1 is 1.00 bits per heavy atom. The van der Waals surface area contributed by atoms with Crippen LogP contribution in [0.2, 0.25) is 0 Å². The molecule has 0 aliphatic carbocycles. The molecule has 3 aliphatic rings. The zero-order valence-electron chi connectivity index (χ0n) is 17.9. The molecule has 1 atom stereocenters. The molecule has 33 heavy (non-hydrogen) atoms. The lowest BCUT2D eigenvalue weighted by molar-refractivity contribution is -0.137. The zero-order valence-corrected chi connectivity index (χ0v) is 20.3. The van der Waals surface area contributed by atoms with Crippen LogP contribution in [0.4, 0.5) is 24.5 Å². The van der Waals surface area contributed by atoms with E-state index in [1.165, 1.54) is 35.6 Å². The van der Waals surface area contributed by atoms with Crippen molar-refractivity contribution in [3.63, 3.8) is 0 Å². The molecule has 1 amide bonds. The smallest absolute Gasteiger partial charge is 0.300 e. The minimum absolute atomic E-state index is 0. The maximum Gasteiger partial charge on any atom is 0.416 e. The molecule has 0 radical (unpaired) electrons. The molecule has 2 saturated heterocycles. The number of hydrogen-bond acceptors (Lipinski definition) is 4. The van der Waals surface area contributed by atoms with Crippen LogP contribution in [0, 0.1) is 0 Å². The summed E-state index contributed by atoms with van der Waals surface area (Å²) < 4.78 is 40.1. The van der Waals surface area contributed by atoms with Crippen LogP contribution in [0.25, 0.3) is 0 Å². The summed E-state index contributed by atoms with van der Waals surface area (Å²) in [5, 5.41) is 0. The number of benzene rings is 2. The van der Waals surface area contributed by atoms with Gasteiger partial charge in [0.15, 0.2) is 0 Å². The predicted molar refractivity (Wildman–Crippen MR) is 129 cm³/mol. The molecule has 180 valence electrons. The Morgan fingerprint density at radius 2 is 1.76 bits per heavy atom. The Labute approximate surface area is 208 Å². The number of hydrogen-bond donors (Lipinski definition) is 0. The molecular formula is C23H26Cl2F3N3OS. The SMILES string of the molecule is Cl.Cl.O=C(CCN1CCN2CCCC2C1)N1c2ccccc2Sc2ccc(C(F)(F)F)cc21.